The Morgan fingerprint density at radius 1 is 1.15 bits per heavy atom. The van der Waals surface area contributed by atoms with Gasteiger partial charge in [0.05, 0.1) is 24.3 Å². The molecule has 0 unspecified atom stereocenters. The molecule has 0 atom stereocenters. The molecule has 0 bridgehead atoms. The molecule has 138 valence electrons. The first-order valence-corrected chi connectivity index (χ1v) is 9.82. The Morgan fingerprint density at radius 2 is 1.96 bits per heavy atom. The maximum absolute atomic E-state index is 5.72. The van der Waals surface area contributed by atoms with E-state index in [1.54, 1.807) is 12.4 Å². The predicted octanol–water partition coefficient (Wildman–Crippen LogP) is 4.57. The highest BCUT2D eigenvalue weighted by Gasteiger charge is 2.31. The van der Waals surface area contributed by atoms with E-state index in [1.807, 2.05) is 24.1 Å². The minimum atomic E-state index is 0.123. The Labute approximate surface area is 160 Å². The van der Waals surface area contributed by atoms with E-state index in [1.165, 1.54) is 16.2 Å². The molecule has 0 spiro atoms. The topological polar surface area (TPSA) is 37.4 Å². The molecule has 1 aromatic heterocycles. The first-order chi connectivity index (χ1) is 12.5. The van der Waals surface area contributed by atoms with Crippen LogP contribution in [0.25, 0.3) is 4.91 Å². The molecule has 1 N–H and O–H groups in total. The van der Waals surface area contributed by atoms with E-state index >= 15 is 0 Å². The molecular weight excluding hydrogens is 342 g/mol. The van der Waals surface area contributed by atoms with Crippen molar-refractivity contribution in [3.05, 3.63) is 66.1 Å². The zero-order valence-electron chi connectivity index (χ0n) is 15.7. The number of nitrogens with one attached hydrogen (secondary N) is 1. The molecule has 0 saturated heterocycles. The number of aromatic nitrogens is 1. The van der Waals surface area contributed by atoms with Crippen LogP contribution in [0.3, 0.4) is 0 Å². The summed E-state index contributed by atoms with van der Waals surface area (Å²) in [5.41, 5.74) is 2.70. The van der Waals surface area contributed by atoms with Crippen molar-refractivity contribution in [1.82, 2.24) is 14.6 Å². The lowest BCUT2D eigenvalue weighted by atomic mass is 10.1. The Kier molecular flexibility index (Phi) is 6.22. The van der Waals surface area contributed by atoms with Gasteiger partial charge in [-0.2, -0.15) is 0 Å². The van der Waals surface area contributed by atoms with E-state index in [9.17, 15) is 0 Å². The number of nitrogens with zero attached hydrogens (tertiary/aromatic N) is 2. The van der Waals surface area contributed by atoms with Crippen molar-refractivity contribution in [2.45, 2.75) is 32.7 Å². The fraction of sp³-hybridized carbons (Fsp3) is 0.381. The first kappa shape index (κ1) is 18.8. The van der Waals surface area contributed by atoms with Gasteiger partial charge < -0.3 is 10.1 Å². The molecule has 26 heavy (non-hydrogen) atoms. The van der Waals surface area contributed by atoms with Crippen LogP contribution in [0.1, 0.15) is 32.8 Å². The summed E-state index contributed by atoms with van der Waals surface area (Å²) in [6.45, 7) is 9.28. The van der Waals surface area contributed by atoms with Crippen LogP contribution in [-0.4, -0.2) is 34.5 Å². The lowest BCUT2D eigenvalue weighted by Gasteiger charge is -2.30. The summed E-state index contributed by atoms with van der Waals surface area (Å²) in [7, 11) is 0. The molecular formula is C21H27N3OS. The molecule has 2 aromatic rings. The summed E-state index contributed by atoms with van der Waals surface area (Å²) in [6.07, 6.45) is 4.45. The van der Waals surface area contributed by atoms with Gasteiger partial charge >= 0.3 is 0 Å². The van der Waals surface area contributed by atoms with Gasteiger partial charge in [-0.3, -0.25) is 4.98 Å². The summed E-state index contributed by atoms with van der Waals surface area (Å²) in [6, 6.07) is 14.5. The van der Waals surface area contributed by atoms with E-state index < -0.39 is 0 Å². The third kappa shape index (κ3) is 5.02. The molecule has 5 heteroatoms. The van der Waals surface area contributed by atoms with Gasteiger partial charge in [-0.15, -0.1) is 0 Å². The second-order valence-electron chi connectivity index (χ2n) is 7.29. The van der Waals surface area contributed by atoms with Crippen LogP contribution >= 0.6 is 11.9 Å². The van der Waals surface area contributed by atoms with Crippen molar-refractivity contribution >= 4 is 16.9 Å². The van der Waals surface area contributed by atoms with Crippen molar-refractivity contribution in [1.29, 1.82) is 0 Å². The van der Waals surface area contributed by atoms with Gasteiger partial charge in [0.25, 0.3) is 0 Å². The molecule has 0 radical (unpaired) electrons. The molecule has 0 aliphatic carbocycles. The monoisotopic (exact) mass is 369 g/mol. The number of rotatable bonds is 7. The summed E-state index contributed by atoms with van der Waals surface area (Å²) >= 11 is 1.85. The van der Waals surface area contributed by atoms with Gasteiger partial charge in [-0.1, -0.05) is 30.3 Å². The summed E-state index contributed by atoms with van der Waals surface area (Å²) in [5.74, 6) is 0.826. The maximum atomic E-state index is 5.72. The van der Waals surface area contributed by atoms with Crippen LogP contribution in [0.2, 0.25) is 0 Å². The van der Waals surface area contributed by atoms with E-state index in [-0.39, 0.29) is 5.54 Å². The van der Waals surface area contributed by atoms with Gasteiger partial charge in [-0.25, -0.2) is 4.31 Å². The van der Waals surface area contributed by atoms with Crippen molar-refractivity contribution in [2.75, 3.05) is 19.7 Å². The fourth-order valence-electron chi connectivity index (χ4n) is 2.67. The molecule has 3 rings (SSSR count). The van der Waals surface area contributed by atoms with Gasteiger partial charge in [0, 0.05) is 24.0 Å². The SMILES string of the molecule is CC(C)(C)N1CC(NCCCOc2cccnc2)=C(c2ccccc2)S1. The van der Waals surface area contributed by atoms with Crippen LogP contribution in [0.15, 0.2) is 60.6 Å². The molecule has 1 aliphatic rings. The van der Waals surface area contributed by atoms with E-state index in [2.05, 4.69) is 65.7 Å². The zero-order chi connectivity index (χ0) is 18.4. The fourth-order valence-corrected chi connectivity index (χ4v) is 3.85. The highest BCUT2D eigenvalue weighted by Crippen LogP contribution is 2.42. The number of pyridine rings is 1. The summed E-state index contributed by atoms with van der Waals surface area (Å²) in [4.78, 5) is 5.39. The quantitative estimate of drug-likeness (QED) is 0.571. The zero-order valence-corrected chi connectivity index (χ0v) is 16.6. The molecule has 2 heterocycles. The van der Waals surface area contributed by atoms with Crippen LogP contribution in [-0.2, 0) is 0 Å². The highest BCUT2D eigenvalue weighted by molar-refractivity contribution is 8.06. The highest BCUT2D eigenvalue weighted by atomic mass is 32.2. The lowest BCUT2D eigenvalue weighted by molar-refractivity contribution is 0.290. The Morgan fingerprint density at radius 3 is 2.65 bits per heavy atom. The van der Waals surface area contributed by atoms with Crippen LogP contribution < -0.4 is 10.1 Å². The molecule has 0 amide bonds. The Bertz CT molecular complexity index is 726. The second-order valence-corrected chi connectivity index (χ2v) is 8.32. The van der Waals surface area contributed by atoms with Crippen molar-refractivity contribution in [2.24, 2.45) is 0 Å². The van der Waals surface area contributed by atoms with E-state index in [0.717, 1.165) is 25.3 Å². The third-order valence-corrected chi connectivity index (χ3v) is 5.69. The molecule has 0 saturated carbocycles. The number of hydrogen-bond donors (Lipinski definition) is 1. The second kappa shape index (κ2) is 8.60. The minimum absolute atomic E-state index is 0.123. The number of ether oxygens (including phenoxy) is 1. The minimum Gasteiger partial charge on any atom is -0.492 e. The average Bonchev–Trinajstić information content (AvgIpc) is 3.08. The largest absolute Gasteiger partial charge is 0.492 e. The molecule has 1 aliphatic heterocycles. The normalized spacial score (nSPS) is 15.3. The third-order valence-electron chi connectivity index (χ3n) is 4.12. The van der Waals surface area contributed by atoms with Crippen LogP contribution in [0, 0.1) is 0 Å². The van der Waals surface area contributed by atoms with Gasteiger partial charge in [0.1, 0.15) is 5.75 Å². The van der Waals surface area contributed by atoms with E-state index in [0.29, 0.717) is 6.61 Å². The van der Waals surface area contributed by atoms with Gasteiger partial charge in [-0.05, 0) is 56.8 Å². The Balaban J connectivity index is 1.57. The van der Waals surface area contributed by atoms with Crippen molar-refractivity contribution < 1.29 is 4.74 Å². The molecule has 1 aromatic carbocycles. The number of hydrogen-bond acceptors (Lipinski definition) is 5. The van der Waals surface area contributed by atoms with Gasteiger partial charge in [0.2, 0.25) is 0 Å². The number of benzene rings is 1. The van der Waals surface area contributed by atoms with Crippen molar-refractivity contribution in [3.8, 4) is 5.75 Å². The van der Waals surface area contributed by atoms with Crippen LogP contribution in [0.4, 0.5) is 0 Å². The van der Waals surface area contributed by atoms with Crippen LogP contribution in [0.5, 0.6) is 5.75 Å². The van der Waals surface area contributed by atoms with E-state index in [4.69, 9.17) is 4.74 Å². The summed E-state index contributed by atoms with van der Waals surface area (Å²) in [5, 5.41) is 3.64. The average molecular weight is 370 g/mol. The predicted molar refractivity (Wildman–Crippen MR) is 110 cm³/mol. The first-order valence-electron chi connectivity index (χ1n) is 9.05. The van der Waals surface area contributed by atoms with Crippen molar-refractivity contribution in [3.63, 3.8) is 0 Å². The molecule has 0 fully saturated rings. The maximum Gasteiger partial charge on any atom is 0.137 e. The smallest absolute Gasteiger partial charge is 0.137 e. The molecule has 4 nitrogen and oxygen atoms in total. The van der Waals surface area contributed by atoms with Gasteiger partial charge in [0.15, 0.2) is 0 Å². The standard InChI is InChI=1S/C21H27N3OS/c1-21(2,3)24-16-19(20(26-24)17-9-5-4-6-10-17)23-13-8-14-25-18-11-7-12-22-15-18/h4-7,9-12,15,23H,8,13-14,16H2,1-3H3. The summed E-state index contributed by atoms with van der Waals surface area (Å²) < 4.78 is 8.16. The Hall–Kier alpha value is -1.98. The lowest BCUT2D eigenvalue weighted by Crippen LogP contribution is -2.36.